The van der Waals surface area contributed by atoms with Crippen LogP contribution in [0, 0.1) is 0 Å². The number of hydrogen-bond donors (Lipinski definition) is 1. The summed E-state index contributed by atoms with van der Waals surface area (Å²) in [5, 5.41) is 4.27. The van der Waals surface area contributed by atoms with Crippen LogP contribution in [0.15, 0.2) is 59.8 Å². The standard InChI is InChI=1S/C22H23N3O4S/c26-30(27,20-10-9-16-5-1-2-6-17(16)11-20)24-18-12-23-25(13-18)14-19-15-28-21-7-3-4-8-22(21)29-19/h3-4,7-13,19,24H,1-2,5-6,14-15H2/t19-/m0/s1. The van der Waals surface area contributed by atoms with Crippen LogP contribution in [0.4, 0.5) is 5.69 Å². The van der Waals surface area contributed by atoms with E-state index in [9.17, 15) is 8.42 Å². The molecular weight excluding hydrogens is 402 g/mol. The summed E-state index contributed by atoms with van der Waals surface area (Å²) >= 11 is 0. The molecule has 2 aromatic carbocycles. The molecule has 0 saturated heterocycles. The molecule has 0 unspecified atom stereocenters. The molecule has 1 aromatic heterocycles. The predicted octanol–water partition coefficient (Wildman–Crippen LogP) is 3.40. The molecule has 5 rings (SSSR count). The van der Waals surface area contributed by atoms with Gasteiger partial charge in [-0.1, -0.05) is 18.2 Å². The Kier molecular flexibility index (Phi) is 4.86. The molecule has 0 radical (unpaired) electrons. The van der Waals surface area contributed by atoms with Crippen molar-refractivity contribution >= 4 is 15.7 Å². The maximum absolute atomic E-state index is 12.8. The van der Waals surface area contributed by atoms with Gasteiger partial charge in [0.05, 0.1) is 23.3 Å². The zero-order valence-electron chi connectivity index (χ0n) is 16.5. The third kappa shape index (κ3) is 3.87. The number of benzene rings is 2. The zero-order valence-corrected chi connectivity index (χ0v) is 17.3. The van der Waals surface area contributed by atoms with Crippen LogP contribution in [-0.2, 0) is 29.4 Å². The summed E-state index contributed by atoms with van der Waals surface area (Å²) in [5.74, 6) is 1.43. The van der Waals surface area contributed by atoms with E-state index in [2.05, 4.69) is 9.82 Å². The number of fused-ring (bicyclic) bond motifs is 2. The highest BCUT2D eigenvalue weighted by atomic mass is 32.2. The van der Waals surface area contributed by atoms with E-state index in [1.165, 1.54) is 11.8 Å². The van der Waals surface area contributed by atoms with E-state index in [4.69, 9.17) is 9.47 Å². The van der Waals surface area contributed by atoms with Gasteiger partial charge in [0, 0.05) is 6.20 Å². The van der Waals surface area contributed by atoms with E-state index < -0.39 is 10.0 Å². The predicted molar refractivity (Wildman–Crippen MR) is 112 cm³/mol. The van der Waals surface area contributed by atoms with E-state index in [-0.39, 0.29) is 11.0 Å². The van der Waals surface area contributed by atoms with Crippen LogP contribution in [0.5, 0.6) is 11.5 Å². The molecule has 1 atom stereocenters. The summed E-state index contributed by atoms with van der Waals surface area (Å²) in [5.41, 5.74) is 2.81. The number of anilines is 1. The molecule has 30 heavy (non-hydrogen) atoms. The number of nitrogens with zero attached hydrogens (tertiary/aromatic N) is 2. The monoisotopic (exact) mass is 425 g/mol. The SMILES string of the molecule is O=S(=O)(Nc1cnn(C[C@H]2COc3ccccc3O2)c1)c1ccc2c(c1)CCCC2. The lowest BCUT2D eigenvalue weighted by molar-refractivity contribution is 0.0759. The number of ether oxygens (including phenoxy) is 2. The van der Waals surface area contributed by atoms with Crippen molar-refractivity contribution in [1.29, 1.82) is 0 Å². The lowest BCUT2D eigenvalue weighted by Gasteiger charge is -2.26. The maximum Gasteiger partial charge on any atom is 0.262 e. The molecule has 0 spiro atoms. The molecule has 8 heteroatoms. The lowest BCUT2D eigenvalue weighted by Crippen LogP contribution is -2.33. The summed E-state index contributed by atoms with van der Waals surface area (Å²) in [6.45, 7) is 0.863. The first kappa shape index (κ1) is 19.0. The van der Waals surface area contributed by atoms with Gasteiger partial charge in [-0.15, -0.1) is 0 Å². The minimum atomic E-state index is -3.67. The molecule has 7 nitrogen and oxygen atoms in total. The quantitative estimate of drug-likeness (QED) is 0.678. The molecule has 2 heterocycles. The fourth-order valence-electron chi connectivity index (χ4n) is 3.97. The van der Waals surface area contributed by atoms with E-state index >= 15 is 0 Å². The maximum atomic E-state index is 12.8. The van der Waals surface area contributed by atoms with Crippen LogP contribution < -0.4 is 14.2 Å². The number of sulfonamides is 1. The minimum absolute atomic E-state index is 0.204. The first-order valence-corrected chi connectivity index (χ1v) is 11.6. The van der Waals surface area contributed by atoms with Crippen LogP contribution in [0.25, 0.3) is 0 Å². The molecule has 0 saturated carbocycles. The fourth-order valence-corrected chi connectivity index (χ4v) is 5.05. The molecule has 1 aliphatic carbocycles. The topological polar surface area (TPSA) is 82.5 Å². The first-order chi connectivity index (χ1) is 14.6. The van der Waals surface area contributed by atoms with Gasteiger partial charge >= 0.3 is 0 Å². The summed E-state index contributed by atoms with van der Waals surface area (Å²) in [4.78, 5) is 0.288. The Balaban J connectivity index is 1.27. The highest BCUT2D eigenvalue weighted by Crippen LogP contribution is 2.31. The Morgan fingerprint density at radius 3 is 2.73 bits per heavy atom. The van der Waals surface area contributed by atoms with Crippen molar-refractivity contribution in [2.45, 2.75) is 43.2 Å². The van der Waals surface area contributed by atoms with Gasteiger partial charge < -0.3 is 9.47 Å². The average molecular weight is 426 g/mol. The van der Waals surface area contributed by atoms with Gasteiger partial charge in [-0.05, 0) is 61.1 Å². The molecule has 1 N–H and O–H groups in total. The van der Waals surface area contributed by atoms with Crippen molar-refractivity contribution in [2.75, 3.05) is 11.3 Å². The second-order valence-corrected chi connectivity index (χ2v) is 9.37. The van der Waals surface area contributed by atoms with Crippen LogP contribution in [0.1, 0.15) is 24.0 Å². The van der Waals surface area contributed by atoms with E-state index in [1.54, 1.807) is 23.0 Å². The van der Waals surface area contributed by atoms with Gasteiger partial charge in [0.15, 0.2) is 17.6 Å². The van der Waals surface area contributed by atoms with Crippen molar-refractivity contribution in [3.8, 4) is 11.5 Å². The van der Waals surface area contributed by atoms with Crippen LogP contribution in [-0.4, -0.2) is 30.9 Å². The summed E-state index contributed by atoms with van der Waals surface area (Å²) in [6.07, 6.45) is 7.19. The number of para-hydroxylation sites is 2. The molecule has 156 valence electrons. The average Bonchev–Trinajstić information content (AvgIpc) is 3.19. The van der Waals surface area contributed by atoms with Crippen LogP contribution in [0.2, 0.25) is 0 Å². The summed E-state index contributed by atoms with van der Waals surface area (Å²) in [6, 6.07) is 12.9. The van der Waals surface area contributed by atoms with Crippen molar-refractivity contribution in [1.82, 2.24) is 9.78 Å². The van der Waals surface area contributed by atoms with E-state index in [0.29, 0.717) is 24.6 Å². The van der Waals surface area contributed by atoms with Gasteiger partial charge in [-0.25, -0.2) is 8.42 Å². The van der Waals surface area contributed by atoms with Crippen LogP contribution >= 0.6 is 0 Å². The van der Waals surface area contributed by atoms with Crippen molar-refractivity contribution < 1.29 is 17.9 Å². The minimum Gasteiger partial charge on any atom is -0.486 e. The molecule has 0 amide bonds. The van der Waals surface area contributed by atoms with Gasteiger partial charge in [0.1, 0.15) is 6.61 Å². The highest BCUT2D eigenvalue weighted by Gasteiger charge is 2.22. The Bertz CT molecular complexity index is 1170. The smallest absolute Gasteiger partial charge is 0.262 e. The van der Waals surface area contributed by atoms with Crippen molar-refractivity contribution in [2.24, 2.45) is 0 Å². The normalized spacial score (nSPS) is 17.9. The van der Waals surface area contributed by atoms with E-state index in [0.717, 1.165) is 37.0 Å². The van der Waals surface area contributed by atoms with Gasteiger partial charge in [-0.3, -0.25) is 9.40 Å². The fraction of sp³-hybridized carbons (Fsp3) is 0.318. The molecule has 0 fully saturated rings. The third-order valence-electron chi connectivity index (χ3n) is 5.47. The van der Waals surface area contributed by atoms with Gasteiger partial charge in [0.25, 0.3) is 10.0 Å². The Labute approximate surface area is 175 Å². The van der Waals surface area contributed by atoms with Gasteiger partial charge in [-0.2, -0.15) is 5.10 Å². The third-order valence-corrected chi connectivity index (χ3v) is 6.85. The lowest BCUT2D eigenvalue weighted by atomic mass is 9.92. The second kappa shape index (κ2) is 7.68. The van der Waals surface area contributed by atoms with E-state index in [1.807, 2.05) is 30.3 Å². The molecule has 2 aliphatic rings. The Hall–Kier alpha value is -3.00. The van der Waals surface area contributed by atoms with Crippen molar-refractivity contribution in [3.63, 3.8) is 0 Å². The highest BCUT2D eigenvalue weighted by molar-refractivity contribution is 7.92. The molecule has 3 aromatic rings. The van der Waals surface area contributed by atoms with Gasteiger partial charge in [0.2, 0.25) is 0 Å². The summed E-state index contributed by atoms with van der Waals surface area (Å²) in [7, 11) is -3.67. The number of aryl methyl sites for hydroxylation is 2. The number of rotatable bonds is 5. The Morgan fingerprint density at radius 2 is 1.87 bits per heavy atom. The summed E-state index contributed by atoms with van der Waals surface area (Å²) < 4.78 is 41.6. The number of aromatic nitrogens is 2. The molecule has 0 bridgehead atoms. The largest absolute Gasteiger partial charge is 0.486 e. The Morgan fingerprint density at radius 1 is 1.07 bits per heavy atom. The number of hydrogen-bond acceptors (Lipinski definition) is 5. The van der Waals surface area contributed by atoms with Crippen LogP contribution in [0.3, 0.4) is 0 Å². The second-order valence-electron chi connectivity index (χ2n) is 7.69. The number of nitrogens with one attached hydrogen (secondary N) is 1. The van der Waals surface area contributed by atoms with Crippen molar-refractivity contribution in [3.05, 3.63) is 66.0 Å². The zero-order chi connectivity index (χ0) is 20.6. The first-order valence-electron chi connectivity index (χ1n) is 10.1. The molecule has 1 aliphatic heterocycles. The molecular formula is C22H23N3O4S.